The normalized spacial score (nSPS) is 21.6. The van der Waals surface area contributed by atoms with Gasteiger partial charge >= 0.3 is 0 Å². The van der Waals surface area contributed by atoms with E-state index in [1.54, 1.807) is 4.68 Å². The van der Waals surface area contributed by atoms with Gasteiger partial charge in [-0.3, -0.25) is 9.76 Å². The lowest BCUT2D eigenvalue weighted by Gasteiger charge is -2.10. The summed E-state index contributed by atoms with van der Waals surface area (Å²) in [5.74, 6) is 0.715. The third kappa shape index (κ3) is 1.95. The van der Waals surface area contributed by atoms with Crippen molar-refractivity contribution in [2.75, 3.05) is 11.4 Å². The van der Waals surface area contributed by atoms with Gasteiger partial charge in [-0.25, -0.2) is 4.68 Å². The maximum atomic E-state index is 12.5. The van der Waals surface area contributed by atoms with Gasteiger partial charge in [0.1, 0.15) is 0 Å². The maximum absolute atomic E-state index is 12.5. The highest BCUT2D eigenvalue weighted by Gasteiger charge is 2.35. The van der Waals surface area contributed by atoms with Crippen molar-refractivity contribution in [1.82, 2.24) is 14.9 Å². The quantitative estimate of drug-likeness (QED) is 0.875. The van der Waals surface area contributed by atoms with E-state index in [4.69, 9.17) is 0 Å². The van der Waals surface area contributed by atoms with Crippen molar-refractivity contribution >= 4 is 17.9 Å². The van der Waals surface area contributed by atoms with Crippen molar-refractivity contribution in [2.24, 2.45) is 0 Å². The van der Waals surface area contributed by atoms with Gasteiger partial charge in [-0.05, 0) is 6.42 Å². The molecule has 0 saturated carbocycles. The molecule has 5 nitrogen and oxygen atoms in total. The van der Waals surface area contributed by atoms with E-state index in [9.17, 15) is 4.57 Å². The Morgan fingerprint density at radius 3 is 2.83 bits per heavy atom. The second-order valence-corrected chi connectivity index (χ2v) is 8.95. The van der Waals surface area contributed by atoms with E-state index in [1.807, 2.05) is 37.3 Å². The summed E-state index contributed by atoms with van der Waals surface area (Å²) in [7, 11) is 0. The first-order valence-corrected chi connectivity index (χ1v) is 9.11. The van der Waals surface area contributed by atoms with Crippen LogP contribution in [0.25, 0.3) is 11.4 Å². The van der Waals surface area contributed by atoms with Crippen LogP contribution in [0.3, 0.4) is 0 Å². The van der Waals surface area contributed by atoms with Gasteiger partial charge in [-0.2, -0.15) is 0 Å². The number of hydrogen-bond donors (Lipinski definition) is 1. The second kappa shape index (κ2) is 4.44. The first-order valence-electron chi connectivity index (χ1n) is 5.79. The van der Waals surface area contributed by atoms with Crippen LogP contribution in [-0.4, -0.2) is 21.0 Å². The summed E-state index contributed by atoms with van der Waals surface area (Å²) in [5, 5.41) is 12.0. The molecule has 0 aliphatic carbocycles. The Morgan fingerprint density at radius 1 is 1.33 bits per heavy atom. The van der Waals surface area contributed by atoms with Crippen molar-refractivity contribution in [3.63, 3.8) is 0 Å². The van der Waals surface area contributed by atoms with Crippen LogP contribution in [0, 0.1) is 0 Å². The van der Waals surface area contributed by atoms with E-state index in [0.29, 0.717) is 17.1 Å². The molecule has 94 valence electrons. The van der Waals surface area contributed by atoms with Gasteiger partial charge in [-0.1, -0.05) is 37.3 Å². The molecule has 1 aliphatic rings. The van der Waals surface area contributed by atoms with Crippen LogP contribution in [0.4, 0.5) is 0 Å². The molecule has 1 unspecified atom stereocenters. The van der Waals surface area contributed by atoms with Gasteiger partial charge < -0.3 is 0 Å². The number of aromatic nitrogens is 3. The van der Waals surface area contributed by atoms with E-state index in [0.717, 1.165) is 12.0 Å². The van der Waals surface area contributed by atoms with E-state index >= 15 is 0 Å². The fraction of sp³-hybridized carbons (Fsp3) is 0.273. The lowest BCUT2D eigenvalue weighted by molar-refractivity contribution is 0.584. The van der Waals surface area contributed by atoms with Gasteiger partial charge in [0.05, 0.1) is 0 Å². The topological polar surface area (TPSA) is 59.8 Å². The van der Waals surface area contributed by atoms with Gasteiger partial charge in [0, 0.05) is 23.1 Å². The predicted octanol–water partition coefficient (Wildman–Crippen LogP) is 3.20. The van der Waals surface area contributed by atoms with Crippen LogP contribution in [0.5, 0.6) is 0 Å². The molecule has 7 heteroatoms. The highest BCUT2D eigenvalue weighted by molar-refractivity contribution is 8.58. The minimum Gasteiger partial charge on any atom is -0.287 e. The van der Waals surface area contributed by atoms with Crippen LogP contribution in [0.1, 0.15) is 13.3 Å². The molecular formula is C11H13N4OPS. The SMILES string of the molecule is CCCP1(=O)Nn2c(nnc2-c2ccccc2)S1. The summed E-state index contributed by atoms with van der Waals surface area (Å²) in [5.41, 5.74) is 0.967. The van der Waals surface area contributed by atoms with E-state index in [-0.39, 0.29) is 0 Å². The van der Waals surface area contributed by atoms with E-state index in [2.05, 4.69) is 15.4 Å². The summed E-state index contributed by atoms with van der Waals surface area (Å²) in [6.07, 6.45) is 1.55. The minimum atomic E-state index is -2.42. The summed E-state index contributed by atoms with van der Waals surface area (Å²) in [6, 6.07) is 9.78. The third-order valence-corrected chi connectivity index (χ3v) is 7.10. The van der Waals surface area contributed by atoms with Crippen LogP contribution >= 0.6 is 17.9 Å². The fourth-order valence-corrected chi connectivity index (χ4v) is 6.16. The molecule has 0 bridgehead atoms. The average molecular weight is 280 g/mol. The molecule has 18 heavy (non-hydrogen) atoms. The molecule has 2 aromatic rings. The number of rotatable bonds is 3. The Morgan fingerprint density at radius 2 is 2.11 bits per heavy atom. The summed E-state index contributed by atoms with van der Waals surface area (Å²) < 4.78 is 14.2. The molecule has 1 aromatic carbocycles. The number of nitrogens with one attached hydrogen (secondary N) is 1. The first kappa shape index (κ1) is 11.8. The molecule has 0 fully saturated rings. The number of fused-ring (bicyclic) bond motifs is 1. The van der Waals surface area contributed by atoms with Crippen LogP contribution in [-0.2, 0) is 4.57 Å². The molecule has 2 heterocycles. The monoisotopic (exact) mass is 280 g/mol. The molecule has 0 radical (unpaired) electrons. The minimum absolute atomic E-state index is 0.662. The predicted molar refractivity (Wildman–Crippen MR) is 73.4 cm³/mol. The zero-order chi connectivity index (χ0) is 12.6. The van der Waals surface area contributed by atoms with Crippen molar-refractivity contribution in [2.45, 2.75) is 18.5 Å². The third-order valence-electron chi connectivity index (χ3n) is 2.66. The summed E-state index contributed by atoms with van der Waals surface area (Å²) >= 11 is 1.31. The summed E-state index contributed by atoms with van der Waals surface area (Å²) in [4.78, 5) is 0. The second-order valence-electron chi connectivity index (χ2n) is 4.10. The Balaban J connectivity index is 1.98. The standard InChI is InChI=1S/C11H13N4OPS/c1-2-8-17(16)14-15-10(12-13-11(15)18-17)9-6-4-3-5-7-9/h3-7H,2,8H2,1H3,(H,14,16). The van der Waals surface area contributed by atoms with Crippen molar-refractivity contribution in [3.8, 4) is 11.4 Å². The lowest BCUT2D eigenvalue weighted by atomic mass is 10.2. The lowest BCUT2D eigenvalue weighted by Crippen LogP contribution is -2.08. The van der Waals surface area contributed by atoms with Crippen molar-refractivity contribution in [1.29, 1.82) is 0 Å². The van der Waals surface area contributed by atoms with Crippen molar-refractivity contribution in [3.05, 3.63) is 30.3 Å². The maximum Gasteiger partial charge on any atom is 0.244 e. The number of nitrogens with zero attached hydrogens (tertiary/aromatic N) is 3. The Kier molecular flexibility index (Phi) is 2.92. The number of hydrogen-bond acceptors (Lipinski definition) is 4. The van der Waals surface area contributed by atoms with Gasteiger partial charge in [0.2, 0.25) is 11.7 Å². The Bertz CT molecular complexity index is 613. The molecule has 1 N–H and O–H groups in total. The van der Waals surface area contributed by atoms with Gasteiger partial charge in [0.25, 0.3) is 0 Å². The van der Waals surface area contributed by atoms with Gasteiger partial charge in [-0.15, -0.1) is 10.2 Å². The van der Waals surface area contributed by atoms with Crippen LogP contribution in [0.15, 0.2) is 35.5 Å². The highest BCUT2D eigenvalue weighted by Crippen LogP contribution is 2.63. The molecular weight excluding hydrogens is 267 g/mol. The Hall–Kier alpha value is -1.26. The smallest absolute Gasteiger partial charge is 0.244 e. The fourth-order valence-electron chi connectivity index (χ4n) is 1.89. The first-order chi connectivity index (χ1) is 8.72. The molecule has 3 rings (SSSR count). The number of benzene rings is 1. The Labute approximate surface area is 109 Å². The molecule has 0 spiro atoms. The van der Waals surface area contributed by atoms with Crippen LogP contribution < -0.4 is 5.20 Å². The molecule has 1 aromatic heterocycles. The zero-order valence-electron chi connectivity index (χ0n) is 9.91. The zero-order valence-corrected chi connectivity index (χ0v) is 11.6. The van der Waals surface area contributed by atoms with Gasteiger partial charge in [0.15, 0.2) is 5.82 Å². The van der Waals surface area contributed by atoms with E-state index < -0.39 is 6.49 Å². The molecule has 1 aliphatic heterocycles. The highest BCUT2D eigenvalue weighted by atomic mass is 32.7. The molecule has 0 amide bonds. The largest absolute Gasteiger partial charge is 0.287 e. The average Bonchev–Trinajstić information content (AvgIpc) is 2.87. The summed E-state index contributed by atoms with van der Waals surface area (Å²) in [6.45, 7) is -0.397. The van der Waals surface area contributed by atoms with Crippen LogP contribution in [0.2, 0.25) is 0 Å². The molecule has 1 atom stereocenters. The van der Waals surface area contributed by atoms with E-state index in [1.165, 1.54) is 11.4 Å². The molecule has 0 saturated heterocycles. The van der Waals surface area contributed by atoms with Crippen molar-refractivity contribution < 1.29 is 4.57 Å².